The first-order valence-electron chi connectivity index (χ1n) is 9.27. The molecule has 0 saturated carbocycles. The van der Waals surface area contributed by atoms with E-state index in [1.165, 1.54) is 17.0 Å². The van der Waals surface area contributed by atoms with Gasteiger partial charge in [-0.05, 0) is 46.2 Å². The fourth-order valence-corrected chi connectivity index (χ4v) is 3.52. The van der Waals surface area contributed by atoms with Crippen molar-refractivity contribution in [2.24, 2.45) is 0 Å². The number of benzene rings is 3. The molecule has 5 heteroatoms. The molecule has 5 aromatic rings. The van der Waals surface area contributed by atoms with Gasteiger partial charge in [0.15, 0.2) is 5.65 Å². The van der Waals surface area contributed by atoms with Crippen molar-refractivity contribution in [3.63, 3.8) is 0 Å². The Morgan fingerprint density at radius 2 is 1.62 bits per heavy atom. The fourth-order valence-electron chi connectivity index (χ4n) is 3.52. The first kappa shape index (κ1) is 17.3. The Morgan fingerprint density at radius 3 is 2.48 bits per heavy atom. The van der Waals surface area contributed by atoms with Crippen LogP contribution in [0.25, 0.3) is 32.9 Å². The topological polar surface area (TPSA) is 47.8 Å². The standard InChI is InChI=1S/C24H16FN3O/c25-22-13-19(18-8-7-16-4-1-2-5-17(16)12-18)9-10-20(22)14-28-15-27-23-21(24(28)29)6-3-11-26-23/h1-13,15H,14H2. The van der Waals surface area contributed by atoms with Crippen molar-refractivity contribution in [3.05, 3.63) is 107 Å². The second kappa shape index (κ2) is 6.95. The highest BCUT2D eigenvalue weighted by atomic mass is 19.1. The third-order valence-electron chi connectivity index (χ3n) is 5.07. The van der Waals surface area contributed by atoms with Crippen molar-refractivity contribution in [1.29, 1.82) is 0 Å². The van der Waals surface area contributed by atoms with E-state index in [4.69, 9.17) is 0 Å². The van der Waals surface area contributed by atoms with Gasteiger partial charge in [0.25, 0.3) is 5.56 Å². The number of aromatic nitrogens is 3. The third kappa shape index (κ3) is 3.17. The van der Waals surface area contributed by atoms with E-state index < -0.39 is 0 Å². The van der Waals surface area contributed by atoms with Crippen LogP contribution in [0.4, 0.5) is 4.39 Å². The molecule has 5 rings (SSSR count). The van der Waals surface area contributed by atoms with Gasteiger partial charge >= 0.3 is 0 Å². The molecule has 0 fully saturated rings. The lowest BCUT2D eigenvalue weighted by Gasteiger charge is -2.10. The molecule has 29 heavy (non-hydrogen) atoms. The lowest BCUT2D eigenvalue weighted by atomic mass is 10.00. The van der Waals surface area contributed by atoms with Crippen LogP contribution in [0.15, 0.2) is 90.1 Å². The van der Waals surface area contributed by atoms with Gasteiger partial charge in [0.1, 0.15) is 12.1 Å². The largest absolute Gasteiger partial charge is 0.294 e. The molecule has 0 bridgehead atoms. The van der Waals surface area contributed by atoms with Crippen molar-refractivity contribution in [2.45, 2.75) is 6.54 Å². The maximum atomic E-state index is 14.8. The molecule has 0 aliphatic rings. The molecule has 3 aromatic carbocycles. The molecule has 0 radical (unpaired) electrons. The van der Waals surface area contributed by atoms with E-state index in [0.29, 0.717) is 16.6 Å². The van der Waals surface area contributed by atoms with Gasteiger partial charge in [-0.1, -0.05) is 48.5 Å². The summed E-state index contributed by atoms with van der Waals surface area (Å²) in [5.41, 5.74) is 2.33. The first-order chi connectivity index (χ1) is 14.2. The molecule has 0 aliphatic heterocycles. The summed E-state index contributed by atoms with van der Waals surface area (Å²) in [6.45, 7) is 0.112. The van der Waals surface area contributed by atoms with Crippen LogP contribution >= 0.6 is 0 Å². The molecular weight excluding hydrogens is 365 g/mol. The van der Waals surface area contributed by atoms with Crippen molar-refractivity contribution >= 4 is 21.8 Å². The molecule has 0 N–H and O–H groups in total. The summed E-state index contributed by atoms with van der Waals surface area (Å²) < 4.78 is 16.2. The Kier molecular flexibility index (Phi) is 4.13. The van der Waals surface area contributed by atoms with Gasteiger partial charge in [-0.15, -0.1) is 0 Å². The summed E-state index contributed by atoms with van der Waals surface area (Å²) in [5, 5.41) is 2.67. The Labute approximate surface area is 165 Å². The van der Waals surface area contributed by atoms with Gasteiger partial charge < -0.3 is 0 Å². The van der Waals surface area contributed by atoms with Crippen LogP contribution in [0, 0.1) is 5.82 Å². The van der Waals surface area contributed by atoms with Crippen LogP contribution in [0.3, 0.4) is 0 Å². The highest BCUT2D eigenvalue weighted by molar-refractivity contribution is 5.87. The van der Waals surface area contributed by atoms with Gasteiger partial charge in [-0.25, -0.2) is 14.4 Å². The average Bonchev–Trinajstić information content (AvgIpc) is 2.76. The number of fused-ring (bicyclic) bond motifs is 2. The van der Waals surface area contributed by atoms with E-state index in [1.54, 1.807) is 24.4 Å². The molecule has 0 atom stereocenters. The molecule has 140 valence electrons. The normalized spacial score (nSPS) is 11.2. The van der Waals surface area contributed by atoms with Crippen LogP contribution in [-0.2, 0) is 6.54 Å². The minimum atomic E-state index is -0.353. The van der Waals surface area contributed by atoms with E-state index in [1.807, 2.05) is 42.5 Å². The third-order valence-corrected chi connectivity index (χ3v) is 5.07. The van der Waals surface area contributed by atoms with Gasteiger partial charge in [-0.2, -0.15) is 0 Å². The van der Waals surface area contributed by atoms with Gasteiger partial charge in [-0.3, -0.25) is 9.36 Å². The predicted molar refractivity (Wildman–Crippen MR) is 112 cm³/mol. The van der Waals surface area contributed by atoms with Gasteiger partial charge in [0.05, 0.1) is 11.9 Å². The highest BCUT2D eigenvalue weighted by Crippen LogP contribution is 2.26. The molecule has 4 nitrogen and oxygen atoms in total. The molecule has 0 unspecified atom stereocenters. The lowest BCUT2D eigenvalue weighted by molar-refractivity contribution is 0.596. The summed E-state index contributed by atoms with van der Waals surface area (Å²) in [6.07, 6.45) is 3.00. The van der Waals surface area contributed by atoms with Crippen molar-refractivity contribution < 1.29 is 4.39 Å². The summed E-state index contributed by atoms with van der Waals surface area (Å²) in [7, 11) is 0. The van der Waals surface area contributed by atoms with E-state index in [0.717, 1.165) is 21.9 Å². The fraction of sp³-hybridized carbons (Fsp3) is 0.0417. The molecule has 2 heterocycles. The molecular formula is C24H16FN3O. The predicted octanol–water partition coefficient (Wildman–Crippen LogP) is 4.80. The van der Waals surface area contributed by atoms with Crippen LogP contribution in [0.5, 0.6) is 0 Å². The van der Waals surface area contributed by atoms with E-state index in [-0.39, 0.29) is 17.9 Å². The average molecular weight is 381 g/mol. The quantitative estimate of drug-likeness (QED) is 0.451. The minimum Gasteiger partial charge on any atom is -0.294 e. The summed E-state index contributed by atoms with van der Waals surface area (Å²) in [6, 6.07) is 22.6. The monoisotopic (exact) mass is 381 g/mol. The first-order valence-corrected chi connectivity index (χ1v) is 9.27. The number of rotatable bonds is 3. The van der Waals surface area contributed by atoms with Gasteiger partial charge in [0, 0.05) is 11.8 Å². The zero-order chi connectivity index (χ0) is 19.8. The van der Waals surface area contributed by atoms with Crippen molar-refractivity contribution in [3.8, 4) is 11.1 Å². The number of hydrogen-bond donors (Lipinski definition) is 0. The van der Waals surface area contributed by atoms with E-state index >= 15 is 0 Å². The molecule has 0 aliphatic carbocycles. The Balaban J connectivity index is 1.50. The SMILES string of the molecule is O=c1c2cccnc2ncn1Cc1ccc(-c2ccc3ccccc3c2)cc1F. The molecule has 0 spiro atoms. The smallest absolute Gasteiger partial charge is 0.263 e. The maximum Gasteiger partial charge on any atom is 0.263 e. The molecule has 0 amide bonds. The number of hydrogen-bond acceptors (Lipinski definition) is 3. The Hall–Kier alpha value is -3.86. The molecule has 0 saturated heterocycles. The highest BCUT2D eigenvalue weighted by Gasteiger charge is 2.10. The molecule has 2 aromatic heterocycles. The van der Waals surface area contributed by atoms with E-state index in [2.05, 4.69) is 16.0 Å². The Bertz CT molecular complexity index is 1430. The van der Waals surface area contributed by atoms with Crippen LogP contribution < -0.4 is 5.56 Å². The second-order valence-corrected chi connectivity index (χ2v) is 6.92. The van der Waals surface area contributed by atoms with Crippen molar-refractivity contribution in [1.82, 2.24) is 14.5 Å². The van der Waals surface area contributed by atoms with Crippen LogP contribution in [0.1, 0.15) is 5.56 Å². The zero-order valence-corrected chi connectivity index (χ0v) is 15.4. The summed E-state index contributed by atoms with van der Waals surface area (Å²) >= 11 is 0. The van der Waals surface area contributed by atoms with Crippen LogP contribution in [-0.4, -0.2) is 14.5 Å². The number of halogens is 1. The minimum absolute atomic E-state index is 0.112. The summed E-state index contributed by atoms with van der Waals surface area (Å²) in [5.74, 6) is -0.353. The maximum absolute atomic E-state index is 14.8. The van der Waals surface area contributed by atoms with Crippen LogP contribution in [0.2, 0.25) is 0 Å². The number of nitrogens with zero attached hydrogens (tertiary/aromatic N) is 3. The van der Waals surface area contributed by atoms with E-state index in [9.17, 15) is 9.18 Å². The van der Waals surface area contributed by atoms with Crippen molar-refractivity contribution in [2.75, 3.05) is 0 Å². The Morgan fingerprint density at radius 1 is 0.828 bits per heavy atom. The second-order valence-electron chi connectivity index (χ2n) is 6.92. The lowest BCUT2D eigenvalue weighted by Crippen LogP contribution is -2.21. The zero-order valence-electron chi connectivity index (χ0n) is 15.4. The summed E-state index contributed by atoms with van der Waals surface area (Å²) in [4.78, 5) is 20.9. The number of pyridine rings is 1. The van der Waals surface area contributed by atoms with Gasteiger partial charge in [0.2, 0.25) is 0 Å².